The summed E-state index contributed by atoms with van der Waals surface area (Å²) in [6.07, 6.45) is 4.73. The van der Waals surface area contributed by atoms with Crippen molar-refractivity contribution in [2.45, 2.75) is 45.6 Å². The largest absolute Gasteiger partial charge is 0.398 e. The van der Waals surface area contributed by atoms with Gasteiger partial charge in [-0.1, -0.05) is 18.9 Å². The Bertz CT molecular complexity index is 436. The minimum absolute atomic E-state index is 0.0851. The number of amides is 1. The number of carbonyl (C=O) groups excluding carboxylic acids is 1. The number of hydrogen-bond donors (Lipinski definition) is 1. The first-order chi connectivity index (χ1) is 8.63. The molecule has 98 valence electrons. The third-order valence-electron chi connectivity index (χ3n) is 3.80. The Kier molecular flexibility index (Phi) is 3.90. The van der Waals surface area contributed by atoms with Gasteiger partial charge in [0.05, 0.1) is 5.56 Å². The number of benzene rings is 1. The fraction of sp³-hybridized carbons (Fsp3) is 0.533. The molecule has 2 rings (SSSR count). The molecule has 1 aromatic carbocycles. The first-order valence-corrected chi connectivity index (χ1v) is 6.80. The summed E-state index contributed by atoms with van der Waals surface area (Å²) in [5.41, 5.74) is 8.30. The topological polar surface area (TPSA) is 46.3 Å². The first kappa shape index (κ1) is 12.9. The fourth-order valence-electron chi connectivity index (χ4n) is 2.82. The average Bonchev–Trinajstić information content (AvgIpc) is 2.83. The van der Waals surface area contributed by atoms with E-state index in [0.717, 1.165) is 24.9 Å². The highest BCUT2D eigenvalue weighted by Gasteiger charge is 2.26. The molecule has 1 fully saturated rings. The molecule has 0 bridgehead atoms. The summed E-state index contributed by atoms with van der Waals surface area (Å²) in [5.74, 6) is 0.0851. The van der Waals surface area contributed by atoms with Gasteiger partial charge in [-0.15, -0.1) is 0 Å². The molecule has 1 aliphatic rings. The quantitative estimate of drug-likeness (QED) is 0.833. The van der Waals surface area contributed by atoms with E-state index in [1.165, 1.54) is 12.8 Å². The Morgan fingerprint density at radius 1 is 1.39 bits per heavy atom. The van der Waals surface area contributed by atoms with Crippen molar-refractivity contribution in [2.24, 2.45) is 0 Å². The van der Waals surface area contributed by atoms with Gasteiger partial charge in [0.2, 0.25) is 0 Å². The minimum Gasteiger partial charge on any atom is -0.398 e. The van der Waals surface area contributed by atoms with Crippen molar-refractivity contribution in [1.82, 2.24) is 4.90 Å². The summed E-state index contributed by atoms with van der Waals surface area (Å²) in [5, 5.41) is 0. The molecule has 0 aliphatic heterocycles. The number of nitrogens with zero attached hydrogens (tertiary/aromatic N) is 1. The van der Waals surface area contributed by atoms with Gasteiger partial charge >= 0.3 is 0 Å². The van der Waals surface area contributed by atoms with Gasteiger partial charge in [-0.25, -0.2) is 0 Å². The lowest BCUT2D eigenvalue weighted by Crippen LogP contribution is -2.38. The Morgan fingerprint density at radius 3 is 2.61 bits per heavy atom. The van der Waals surface area contributed by atoms with Crippen molar-refractivity contribution < 1.29 is 4.79 Å². The second-order valence-corrected chi connectivity index (χ2v) is 5.12. The maximum Gasteiger partial charge on any atom is 0.256 e. The van der Waals surface area contributed by atoms with Crippen LogP contribution in [0.15, 0.2) is 18.2 Å². The van der Waals surface area contributed by atoms with Crippen LogP contribution in [0.4, 0.5) is 5.69 Å². The van der Waals surface area contributed by atoms with Crippen LogP contribution >= 0.6 is 0 Å². The van der Waals surface area contributed by atoms with Crippen molar-refractivity contribution in [2.75, 3.05) is 12.3 Å². The molecule has 0 spiro atoms. The number of hydrogen-bond acceptors (Lipinski definition) is 2. The fourth-order valence-corrected chi connectivity index (χ4v) is 2.82. The number of rotatable bonds is 3. The predicted octanol–water partition coefficient (Wildman–Crippen LogP) is 2.98. The molecule has 3 nitrogen and oxygen atoms in total. The summed E-state index contributed by atoms with van der Waals surface area (Å²) in [7, 11) is 0. The molecule has 1 amide bonds. The Hall–Kier alpha value is -1.51. The molecule has 0 heterocycles. The molecule has 2 N–H and O–H groups in total. The van der Waals surface area contributed by atoms with Crippen molar-refractivity contribution >= 4 is 11.6 Å². The van der Waals surface area contributed by atoms with Crippen molar-refractivity contribution in [3.05, 3.63) is 29.3 Å². The van der Waals surface area contributed by atoms with E-state index in [-0.39, 0.29) is 5.91 Å². The summed E-state index contributed by atoms with van der Waals surface area (Å²) < 4.78 is 0. The monoisotopic (exact) mass is 246 g/mol. The van der Waals surface area contributed by atoms with Gasteiger partial charge in [0.1, 0.15) is 0 Å². The lowest BCUT2D eigenvalue weighted by molar-refractivity contribution is 0.0694. The highest BCUT2D eigenvalue weighted by molar-refractivity contribution is 5.99. The molecule has 0 saturated heterocycles. The van der Waals surface area contributed by atoms with Crippen LogP contribution in [0.1, 0.15) is 48.5 Å². The zero-order valence-electron chi connectivity index (χ0n) is 11.3. The minimum atomic E-state index is 0.0851. The summed E-state index contributed by atoms with van der Waals surface area (Å²) in [6, 6.07) is 6.08. The third kappa shape index (κ3) is 2.50. The third-order valence-corrected chi connectivity index (χ3v) is 3.80. The molecule has 1 saturated carbocycles. The van der Waals surface area contributed by atoms with Crippen molar-refractivity contribution in [1.29, 1.82) is 0 Å². The molecule has 18 heavy (non-hydrogen) atoms. The molecule has 3 heteroatoms. The van der Waals surface area contributed by atoms with Crippen LogP contribution in [0.3, 0.4) is 0 Å². The predicted molar refractivity (Wildman–Crippen MR) is 74.6 cm³/mol. The van der Waals surface area contributed by atoms with Gasteiger partial charge in [-0.05, 0) is 44.4 Å². The lowest BCUT2D eigenvalue weighted by atomic mass is 10.1. The van der Waals surface area contributed by atoms with Crippen molar-refractivity contribution in [3.63, 3.8) is 0 Å². The summed E-state index contributed by atoms with van der Waals surface area (Å²) >= 11 is 0. The molecule has 1 aliphatic carbocycles. The van der Waals surface area contributed by atoms with Crippen LogP contribution < -0.4 is 5.73 Å². The Balaban J connectivity index is 2.22. The molecule has 0 unspecified atom stereocenters. The molecule has 0 aromatic heterocycles. The molecule has 0 radical (unpaired) electrons. The highest BCUT2D eigenvalue weighted by atomic mass is 16.2. The SMILES string of the molecule is CCN(C(=O)c1ccc(C)cc1N)C1CCCC1. The number of nitrogens with two attached hydrogens (primary N) is 1. The second-order valence-electron chi connectivity index (χ2n) is 5.12. The standard InChI is InChI=1S/C15H22N2O/c1-3-17(12-6-4-5-7-12)15(18)13-9-8-11(2)10-14(13)16/h8-10,12H,3-7,16H2,1-2H3. The zero-order chi connectivity index (χ0) is 13.1. The maximum absolute atomic E-state index is 12.5. The Morgan fingerprint density at radius 2 is 2.06 bits per heavy atom. The van der Waals surface area contributed by atoms with E-state index in [1.54, 1.807) is 0 Å². The smallest absolute Gasteiger partial charge is 0.256 e. The Labute approximate surface area is 109 Å². The number of nitrogen functional groups attached to an aromatic ring is 1. The molecule has 1 aromatic rings. The van der Waals surface area contributed by atoms with Gasteiger partial charge in [-0.3, -0.25) is 4.79 Å². The van der Waals surface area contributed by atoms with E-state index in [0.29, 0.717) is 17.3 Å². The maximum atomic E-state index is 12.5. The van der Waals surface area contributed by atoms with E-state index in [9.17, 15) is 4.79 Å². The van der Waals surface area contributed by atoms with Gasteiger partial charge in [0.15, 0.2) is 0 Å². The van der Waals surface area contributed by atoms with Gasteiger partial charge in [0, 0.05) is 18.3 Å². The van der Waals surface area contributed by atoms with Crippen LogP contribution in [-0.2, 0) is 0 Å². The number of aryl methyl sites for hydroxylation is 1. The number of anilines is 1. The average molecular weight is 246 g/mol. The normalized spacial score (nSPS) is 15.9. The van der Waals surface area contributed by atoms with Crippen molar-refractivity contribution in [3.8, 4) is 0 Å². The molecule has 0 atom stereocenters. The molecular formula is C15H22N2O. The van der Waals surface area contributed by atoms with E-state index < -0.39 is 0 Å². The molecular weight excluding hydrogens is 224 g/mol. The van der Waals surface area contributed by atoms with Gasteiger partial charge in [-0.2, -0.15) is 0 Å². The summed E-state index contributed by atoms with van der Waals surface area (Å²) in [4.78, 5) is 14.5. The van der Waals surface area contributed by atoms with E-state index in [4.69, 9.17) is 5.73 Å². The van der Waals surface area contributed by atoms with E-state index >= 15 is 0 Å². The van der Waals surface area contributed by atoms with E-state index in [1.807, 2.05) is 36.9 Å². The highest BCUT2D eigenvalue weighted by Crippen LogP contribution is 2.26. The van der Waals surface area contributed by atoms with Crippen LogP contribution in [0, 0.1) is 6.92 Å². The lowest BCUT2D eigenvalue weighted by Gasteiger charge is -2.28. The van der Waals surface area contributed by atoms with Crippen LogP contribution in [-0.4, -0.2) is 23.4 Å². The van der Waals surface area contributed by atoms with E-state index in [2.05, 4.69) is 0 Å². The second kappa shape index (κ2) is 5.42. The van der Waals surface area contributed by atoms with Gasteiger partial charge in [0.25, 0.3) is 5.91 Å². The van der Waals surface area contributed by atoms with Crippen LogP contribution in [0.25, 0.3) is 0 Å². The van der Waals surface area contributed by atoms with Crippen LogP contribution in [0.5, 0.6) is 0 Å². The zero-order valence-corrected chi connectivity index (χ0v) is 11.3. The number of carbonyl (C=O) groups is 1. The van der Waals surface area contributed by atoms with Gasteiger partial charge < -0.3 is 10.6 Å². The summed E-state index contributed by atoms with van der Waals surface area (Å²) in [6.45, 7) is 4.79. The van der Waals surface area contributed by atoms with Crippen LogP contribution in [0.2, 0.25) is 0 Å². The first-order valence-electron chi connectivity index (χ1n) is 6.80.